The molecule has 1 aromatic heterocycles. The summed E-state index contributed by atoms with van der Waals surface area (Å²) in [6.45, 7) is -0.157. The van der Waals surface area contributed by atoms with Crippen molar-refractivity contribution in [2.75, 3.05) is 13.2 Å². The van der Waals surface area contributed by atoms with E-state index in [1.165, 1.54) is 31.2 Å². The van der Waals surface area contributed by atoms with Gasteiger partial charge in [-0.05, 0) is 31.2 Å². The molecule has 0 bridgehead atoms. The molecule has 15 atom stereocenters. The van der Waals surface area contributed by atoms with Gasteiger partial charge in [0.2, 0.25) is 17.5 Å². The van der Waals surface area contributed by atoms with Gasteiger partial charge in [0.25, 0.3) is 0 Å². The van der Waals surface area contributed by atoms with E-state index >= 15 is 0 Å². The molecule has 4 heterocycles. The Morgan fingerprint density at radius 1 is 0.679 bits per heavy atom. The number of aliphatic hydroxyl groups excluding tert-OH is 9. The van der Waals surface area contributed by atoms with Crippen molar-refractivity contribution in [3.63, 3.8) is 0 Å². The highest BCUT2D eigenvalue weighted by atomic mass is 16.8. The molecule has 6 rings (SSSR count). The molecule has 3 saturated heterocycles. The molecule has 0 spiro atoms. The fourth-order valence-electron chi connectivity index (χ4n) is 6.25. The molecule has 12 N–H and O–H groups in total. The summed E-state index contributed by atoms with van der Waals surface area (Å²) in [5.74, 6) is -2.36. The molecule has 3 aromatic rings. The minimum Gasteiger partial charge on any atom is -0.508 e. The van der Waals surface area contributed by atoms with Crippen LogP contribution in [0.4, 0.5) is 0 Å². The largest absolute Gasteiger partial charge is 0.508 e. The average molecular weight is 757 g/mol. The number of ether oxygens (including phenoxy) is 6. The highest BCUT2D eigenvalue weighted by Crippen LogP contribution is 2.38. The van der Waals surface area contributed by atoms with Crippen LogP contribution in [0.3, 0.4) is 0 Å². The molecule has 53 heavy (non-hydrogen) atoms. The molecule has 3 aliphatic heterocycles. The Morgan fingerprint density at radius 2 is 1.30 bits per heavy atom. The Balaban J connectivity index is 1.38. The molecule has 2 aromatic carbocycles. The lowest BCUT2D eigenvalue weighted by Crippen LogP contribution is -2.65. The van der Waals surface area contributed by atoms with Crippen molar-refractivity contribution in [2.45, 2.75) is 99.0 Å². The first kappa shape index (κ1) is 39.0. The van der Waals surface area contributed by atoms with E-state index in [-0.39, 0.29) is 22.7 Å². The van der Waals surface area contributed by atoms with E-state index in [0.717, 1.165) is 12.1 Å². The van der Waals surface area contributed by atoms with Gasteiger partial charge in [0.1, 0.15) is 89.3 Å². The van der Waals surface area contributed by atoms with Gasteiger partial charge in [-0.25, -0.2) is 0 Å². The summed E-state index contributed by atoms with van der Waals surface area (Å²) >= 11 is 0. The zero-order valence-electron chi connectivity index (χ0n) is 27.7. The van der Waals surface area contributed by atoms with E-state index in [4.69, 9.17) is 32.8 Å². The molecule has 0 saturated carbocycles. The van der Waals surface area contributed by atoms with Crippen molar-refractivity contribution in [1.29, 1.82) is 0 Å². The molecule has 0 unspecified atom stereocenters. The lowest BCUT2D eigenvalue weighted by molar-refractivity contribution is -0.360. The summed E-state index contributed by atoms with van der Waals surface area (Å²) in [4.78, 5) is 14.0. The number of aromatic hydroxyl groups is 3. The maximum Gasteiger partial charge on any atom is 0.239 e. The van der Waals surface area contributed by atoms with Gasteiger partial charge in [-0.1, -0.05) is 0 Å². The number of aliphatic hydroxyl groups is 9. The third-order valence-corrected chi connectivity index (χ3v) is 9.30. The number of phenolic OH excluding ortho intramolecular Hbond substituents is 3. The van der Waals surface area contributed by atoms with Gasteiger partial charge >= 0.3 is 0 Å². The second kappa shape index (κ2) is 15.6. The highest BCUT2D eigenvalue weighted by Gasteiger charge is 2.52. The molecule has 3 fully saturated rings. The van der Waals surface area contributed by atoms with Gasteiger partial charge in [0, 0.05) is 17.7 Å². The molecule has 0 aliphatic carbocycles. The monoisotopic (exact) mass is 756 g/mol. The minimum atomic E-state index is -2.04. The maximum absolute atomic E-state index is 14.0. The summed E-state index contributed by atoms with van der Waals surface area (Å²) in [6.07, 6.45) is -26.0. The van der Waals surface area contributed by atoms with Crippen LogP contribution in [0.25, 0.3) is 22.3 Å². The van der Waals surface area contributed by atoms with Gasteiger partial charge in [0.05, 0.1) is 19.3 Å². The van der Waals surface area contributed by atoms with Crippen molar-refractivity contribution in [1.82, 2.24) is 0 Å². The van der Waals surface area contributed by atoms with Crippen LogP contribution in [-0.4, -0.2) is 167 Å². The predicted octanol–water partition coefficient (Wildman–Crippen LogP) is -3.57. The average Bonchev–Trinajstić information content (AvgIpc) is 3.12. The number of hydrogen-bond donors (Lipinski definition) is 12. The van der Waals surface area contributed by atoms with Crippen LogP contribution < -0.4 is 10.2 Å². The number of rotatable bonds is 9. The predicted molar refractivity (Wildman–Crippen MR) is 171 cm³/mol. The van der Waals surface area contributed by atoms with Crippen LogP contribution in [-0.2, 0) is 23.7 Å². The number of benzene rings is 2. The second-order valence-electron chi connectivity index (χ2n) is 12.9. The van der Waals surface area contributed by atoms with Crippen molar-refractivity contribution in [3.05, 3.63) is 46.6 Å². The quantitative estimate of drug-likeness (QED) is 0.100. The van der Waals surface area contributed by atoms with Crippen molar-refractivity contribution >= 4 is 11.0 Å². The Morgan fingerprint density at radius 3 is 1.98 bits per heavy atom. The minimum absolute atomic E-state index is 0.118. The Hall–Kier alpha value is -3.71. The molecule has 20 heteroatoms. The first-order chi connectivity index (χ1) is 25.1. The first-order valence-corrected chi connectivity index (χ1v) is 16.4. The molecule has 20 nitrogen and oxygen atoms in total. The number of phenols is 3. The van der Waals surface area contributed by atoms with Crippen molar-refractivity contribution in [3.8, 4) is 34.3 Å². The fraction of sp³-hybridized carbons (Fsp3) is 0.545. The molecule has 292 valence electrons. The fourth-order valence-corrected chi connectivity index (χ4v) is 6.25. The Kier molecular flexibility index (Phi) is 11.5. The van der Waals surface area contributed by atoms with Gasteiger partial charge < -0.3 is 94.1 Å². The van der Waals surface area contributed by atoms with E-state index in [1.807, 2.05) is 0 Å². The van der Waals surface area contributed by atoms with Crippen LogP contribution in [0.1, 0.15) is 6.92 Å². The van der Waals surface area contributed by atoms with Gasteiger partial charge in [0.15, 0.2) is 24.4 Å². The maximum atomic E-state index is 14.0. The molecule has 3 aliphatic rings. The molecular formula is C33H40O20. The van der Waals surface area contributed by atoms with E-state index in [2.05, 4.69) is 0 Å². The molecule has 0 radical (unpaired) electrons. The van der Waals surface area contributed by atoms with E-state index < -0.39 is 133 Å². The molecular weight excluding hydrogens is 716 g/mol. The third kappa shape index (κ3) is 7.52. The zero-order valence-corrected chi connectivity index (χ0v) is 27.7. The lowest BCUT2D eigenvalue weighted by atomic mass is 9.97. The van der Waals surface area contributed by atoms with E-state index in [0.29, 0.717) is 0 Å². The summed E-state index contributed by atoms with van der Waals surface area (Å²) in [5.41, 5.74) is -1.21. The summed E-state index contributed by atoms with van der Waals surface area (Å²) in [6, 6.07) is 7.08. The van der Waals surface area contributed by atoms with E-state index in [9.17, 15) is 66.1 Å². The van der Waals surface area contributed by atoms with Crippen molar-refractivity contribution < 1.29 is 94.1 Å². The highest BCUT2D eigenvalue weighted by molar-refractivity contribution is 5.88. The normalized spacial score (nSPS) is 37.8. The van der Waals surface area contributed by atoms with E-state index in [1.54, 1.807) is 0 Å². The van der Waals surface area contributed by atoms with Crippen molar-refractivity contribution in [2.24, 2.45) is 0 Å². The Labute approximate surface area is 298 Å². The first-order valence-electron chi connectivity index (χ1n) is 16.4. The topological polar surface area (TPSA) is 328 Å². The standard InChI is InChI=1S/C33H40O20/c1-10-19(38)23(42)27(46)32(48-10)53-30-25(44)21(40)17(9-47-31-26(45)24(43)20(39)16(8-34)50-31)51-33(30)52-29-22(41)18-14(37)6-13(36)7-15(18)49-28(29)11-2-4-12(35)5-3-11/h2-7,10,16-17,19-21,23-27,30-40,42-46H,8-9H2,1H3/t10-,16+,17+,19-,20+,21+,23+,24-,25+,26+,27-,30-,31+,32-,33-/m0/s1. The lowest BCUT2D eigenvalue weighted by Gasteiger charge is -2.46. The number of hydrogen-bond acceptors (Lipinski definition) is 20. The molecule has 0 amide bonds. The van der Waals surface area contributed by atoms with Crippen LogP contribution in [0.5, 0.6) is 23.0 Å². The third-order valence-electron chi connectivity index (χ3n) is 9.30. The summed E-state index contributed by atoms with van der Waals surface area (Å²) in [5, 5.41) is 124. The van der Waals surface area contributed by atoms with Gasteiger partial charge in [-0.15, -0.1) is 0 Å². The number of fused-ring (bicyclic) bond motifs is 1. The Bertz CT molecular complexity index is 1780. The SMILES string of the molecule is C[C@@H]1O[C@@H](O[C@@H]2[C@H](Oc3c(-c4ccc(O)cc4)oc4cc(O)cc(O)c4c3=O)O[C@H](CO[C@@H]3O[C@H](CO)[C@@H](O)[C@H](O)[C@H]3O)[C@@H](O)[C@H]2O)[C@@H](O)[C@H](O)[C@H]1O. The van der Waals surface area contributed by atoms with Gasteiger partial charge in [-0.3, -0.25) is 4.79 Å². The summed E-state index contributed by atoms with van der Waals surface area (Å²) in [7, 11) is 0. The smallest absolute Gasteiger partial charge is 0.239 e. The van der Waals surface area contributed by atoms with Gasteiger partial charge in [-0.2, -0.15) is 0 Å². The van der Waals surface area contributed by atoms with Crippen LogP contribution in [0, 0.1) is 0 Å². The van der Waals surface area contributed by atoms with Crippen LogP contribution in [0.15, 0.2) is 45.6 Å². The van der Waals surface area contributed by atoms with Crippen LogP contribution in [0.2, 0.25) is 0 Å². The summed E-state index contributed by atoms with van der Waals surface area (Å²) < 4.78 is 40.0. The van der Waals surface area contributed by atoms with Crippen LogP contribution >= 0.6 is 0 Å². The zero-order chi connectivity index (χ0) is 38.5. The second-order valence-corrected chi connectivity index (χ2v) is 12.9.